The Hall–Kier alpha value is -1.51. The Morgan fingerprint density at radius 2 is 1.63 bits per heavy atom. The Morgan fingerprint density at radius 1 is 0.963 bits per heavy atom. The SMILES string of the molecule is CCNC(=NCc1ccc(Cl)cc1)NCCNC(=O)c1ccccc1Cl.I. The van der Waals surface area contributed by atoms with Crippen molar-refractivity contribution in [2.45, 2.75) is 13.5 Å². The smallest absolute Gasteiger partial charge is 0.252 e. The highest BCUT2D eigenvalue weighted by molar-refractivity contribution is 14.0. The summed E-state index contributed by atoms with van der Waals surface area (Å²) in [6, 6.07) is 14.5. The standard InChI is InChI=1S/C19H22Cl2N4O.HI/c1-2-22-19(25-13-14-7-9-15(20)10-8-14)24-12-11-23-18(26)16-5-3-4-6-17(16)21;/h3-10H,2,11-13H2,1H3,(H,23,26)(H2,22,24,25);1H. The number of carbonyl (C=O) groups is 1. The van der Waals surface area contributed by atoms with E-state index in [0.29, 0.717) is 41.2 Å². The lowest BCUT2D eigenvalue weighted by Crippen LogP contribution is -2.41. The third-order valence-corrected chi connectivity index (χ3v) is 4.08. The minimum Gasteiger partial charge on any atom is -0.357 e. The maximum Gasteiger partial charge on any atom is 0.252 e. The fourth-order valence-electron chi connectivity index (χ4n) is 2.20. The lowest BCUT2D eigenvalue weighted by atomic mass is 10.2. The minimum absolute atomic E-state index is 0. The minimum atomic E-state index is -0.194. The Bertz CT molecular complexity index is 754. The predicted molar refractivity (Wildman–Crippen MR) is 123 cm³/mol. The molecule has 0 aliphatic heterocycles. The van der Waals surface area contributed by atoms with E-state index >= 15 is 0 Å². The van der Waals surface area contributed by atoms with Crippen LogP contribution in [0.1, 0.15) is 22.8 Å². The van der Waals surface area contributed by atoms with Crippen LogP contribution >= 0.6 is 47.2 Å². The van der Waals surface area contributed by atoms with Crippen LogP contribution in [-0.2, 0) is 6.54 Å². The van der Waals surface area contributed by atoms with Crippen molar-refractivity contribution in [2.75, 3.05) is 19.6 Å². The molecule has 2 aromatic rings. The molecule has 0 unspecified atom stereocenters. The lowest BCUT2D eigenvalue weighted by Gasteiger charge is -2.12. The number of halogens is 3. The van der Waals surface area contributed by atoms with E-state index < -0.39 is 0 Å². The monoisotopic (exact) mass is 520 g/mol. The third-order valence-electron chi connectivity index (χ3n) is 3.50. The van der Waals surface area contributed by atoms with Gasteiger partial charge in [0.1, 0.15) is 0 Å². The first-order valence-electron chi connectivity index (χ1n) is 8.39. The van der Waals surface area contributed by atoms with Gasteiger partial charge in [0.15, 0.2) is 5.96 Å². The molecule has 0 bridgehead atoms. The Labute approximate surface area is 186 Å². The van der Waals surface area contributed by atoms with Gasteiger partial charge in [0.05, 0.1) is 17.1 Å². The highest BCUT2D eigenvalue weighted by Crippen LogP contribution is 2.14. The number of carbonyl (C=O) groups excluding carboxylic acids is 1. The van der Waals surface area contributed by atoms with E-state index in [4.69, 9.17) is 23.2 Å². The maximum atomic E-state index is 12.1. The van der Waals surface area contributed by atoms with Gasteiger partial charge in [0.2, 0.25) is 0 Å². The molecule has 27 heavy (non-hydrogen) atoms. The molecular weight excluding hydrogens is 498 g/mol. The summed E-state index contributed by atoms with van der Waals surface area (Å²) < 4.78 is 0. The van der Waals surface area contributed by atoms with Crippen LogP contribution in [0.25, 0.3) is 0 Å². The van der Waals surface area contributed by atoms with Crippen molar-refractivity contribution in [3.8, 4) is 0 Å². The summed E-state index contributed by atoms with van der Waals surface area (Å²) in [6.07, 6.45) is 0. The molecular formula is C19H23Cl2IN4O. The Morgan fingerprint density at radius 3 is 2.30 bits per heavy atom. The summed E-state index contributed by atoms with van der Waals surface area (Å²) in [4.78, 5) is 16.6. The fraction of sp³-hybridized carbons (Fsp3) is 0.263. The summed E-state index contributed by atoms with van der Waals surface area (Å²) in [5.41, 5.74) is 1.54. The topological polar surface area (TPSA) is 65.5 Å². The largest absolute Gasteiger partial charge is 0.357 e. The normalized spacial score (nSPS) is 10.7. The molecule has 2 rings (SSSR count). The van der Waals surface area contributed by atoms with E-state index in [2.05, 4.69) is 20.9 Å². The van der Waals surface area contributed by atoms with Gasteiger partial charge < -0.3 is 16.0 Å². The molecule has 1 amide bonds. The number of amides is 1. The summed E-state index contributed by atoms with van der Waals surface area (Å²) in [5.74, 6) is 0.495. The lowest BCUT2D eigenvalue weighted by molar-refractivity contribution is 0.0954. The molecule has 146 valence electrons. The van der Waals surface area contributed by atoms with E-state index in [1.807, 2.05) is 31.2 Å². The van der Waals surface area contributed by atoms with Crippen molar-refractivity contribution in [1.29, 1.82) is 0 Å². The van der Waals surface area contributed by atoms with Crippen molar-refractivity contribution in [3.05, 3.63) is 69.7 Å². The molecule has 0 aliphatic carbocycles. The van der Waals surface area contributed by atoms with Gasteiger partial charge in [-0.3, -0.25) is 4.79 Å². The Balaban J connectivity index is 0.00000364. The number of aliphatic imine (C=N–C) groups is 1. The van der Waals surface area contributed by atoms with Gasteiger partial charge >= 0.3 is 0 Å². The van der Waals surface area contributed by atoms with Crippen LogP contribution in [0.4, 0.5) is 0 Å². The van der Waals surface area contributed by atoms with E-state index in [1.54, 1.807) is 24.3 Å². The molecule has 0 spiro atoms. The van der Waals surface area contributed by atoms with E-state index in [1.165, 1.54) is 0 Å². The van der Waals surface area contributed by atoms with Crippen molar-refractivity contribution in [1.82, 2.24) is 16.0 Å². The summed E-state index contributed by atoms with van der Waals surface area (Å²) in [5, 5.41) is 10.3. The van der Waals surface area contributed by atoms with Crippen molar-refractivity contribution >= 4 is 59.0 Å². The van der Waals surface area contributed by atoms with Crippen LogP contribution in [0.5, 0.6) is 0 Å². The van der Waals surface area contributed by atoms with Crippen LogP contribution in [0, 0.1) is 0 Å². The van der Waals surface area contributed by atoms with E-state index in [9.17, 15) is 4.79 Å². The van der Waals surface area contributed by atoms with Crippen molar-refractivity contribution in [2.24, 2.45) is 4.99 Å². The van der Waals surface area contributed by atoms with E-state index in [0.717, 1.165) is 12.1 Å². The molecule has 0 saturated carbocycles. The second-order valence-electron chi connectivity index (χ2n) is 5.48. The molecule has 0 aromatic heterocycles. The first kappa shape index (κ1) is 23.5. The second kappa shape index (κ2) is 12.8. The second-order valence-corrected chi connectivity index (χ2v) is 6.33. The van der Waals surface area contributed by atoms with Gasteiger partial charge in [0, 0.05) is 24.7 Å². The third kappa shape index (κ3) is 8.36. The average Bonchev–Trinajstić information content (AvgIpc) is 2.64. The molecule has 3 N–H and O–H groups in total. The van der Waals surface area contributed by atoms with Crippen molar-refractivity contribution < 1.29 is 4.79 Å². The predicted octanol–water partition coefficient (Wildman–Crippen LogP) is 4.10. The van der Waals surface area contributed by atoms with Crippen LogP contribution in [0.3, 0.4) is 0 Å². The molecule has 0 heterocycles. The number of hydrogen-bond acceptors (Lipinski definition) is 2. The van der Waals surface area contributed by atoms with Gasteiger partial charge in [-0.05, 0) is 36.8 Å². The molecule has 8 heteroatoms. The van der Waals surface area contributed by atoms with Crippen molar-refractivity contribution in [3.63, 3.8) is 0 Å². The first-order valence-corrected chi connectivity index (χ1v) is 9.15. The number of nitrogens with one attached hydrogen (secondary N) is 3. The molecule has 0 radical (unpaired) electrons. The molecule has 5 nitrogen and oxygen atoms in total. The van der Waals surface area contributed by atoms with Crippen LogP contribution < -0.4 is 16.0 Å². The highest BCUT2D eigenvalue weighted by atomic mass is 127. The summed E-state index contributed by atoms with van der Waals surface area (Å²) in [7, 11) is 0. The summed E-state index contributed by atoms with van der Waals surface area (Å²) >= 11 is 11.9. The van der Waals surface area contributed by atoms with Crippen LogP contribution in [-0.4, -0.2) is 31.5 Å². The average molecular weight is 521 g/mol. The van der Waals surface area contributed by atoms with E-state index in [-0.39, 0.29) is 29.9 Å². The molecule has 0 fully saturated rings. The maximum absolute atomic E-state index is 12.1. The van der Waals surface area contributed by atoms with Gasteiger partial charge in [-0.2, -0.15) is 0 Å². The highest BCUT2D eigenvalue weighted by Gasteiger charge is 2.08. The number of benzene rings is 2. The number of rotatable bonds is 7. The van der Waals surface area contributed by atoms with Gasteiger partial charge in [-0.1, -0.05) is 47.5 Å². The Kier molecular flexibility index (Phi) is 11.2. The summed E-state index contributed by atoms with van der Waals surface area (Å²) in [6.45, 7) is 4.29. The molecule has 0 aliphatic rings. The molecule has 2 aromatic carbocycles. The van der Waals surface area contributed by atoms with Gasteiger partial charge in [-0.15, -0.1) is 24.0 Å². The zero-order valence-electron chi connectivity index (χ0n) is 15.0. The zero-order valence-corrected chi connectivity index (χ0v) is 18.8. The number of guanidine groups is 1. The number of nitrogens with zero attached hydrogens (tertiary/aromatic N) is 1. The van der Waals surface area contributed by atoms with Crippen LogP contribution in [0.2, 0.25) is 10.0 Å². The van der Waals surface area contributed by atoms with Gasteiger partial charge in [0.25, 0.3) is 5.91 Å². The van der Waals surface area contributed by atoms with Crippen LogP contribution in [0.15, 0.2) is 53.5 Å². The fourth-order valence-corrected chi connectivity index (χ4v) is 2.55. The first-order chi connectivity index (χ1) is 12.6. The molecule has 0 atom stereocenters. The van der Waals surface area contributed by atoms with Gasteiger partial charge in [-0.25, -0.2) is 4.99 Å². The quantitative estimate of drug-likeness (QED) is 0.223. The number of hydrogen-bond donors (Lipinski definition) is 3. The molecule has 0 saturated heterocycles. The zero-order chi connectivity index (χ0) is 18.8.